The molecule has 1 fully saturated rings. The van der Waals surface area contributed by atoms with Crippen LogP contribution in [0.4, 0.5) is 4.39 Å². The quantitative estimate of drug-likeness (QED) is 0.801. The number of halogens is 2. The molecule has 0 spiro atoms. The summed E-state index contributed by atoms with van der Waals surface area (Å²) >= 11 is 1.96. The van der Waals surface area contributed by atoms with Crippen molar-refractivity contribution in [2.45, 2.75) is 19.4 Å². The molecule has 1 aliphatic heterocycles. The van der Waals surface area contributed by atoms with Gasteiger partial charge >= 0.3 is 0 Å². The molecule has 2 amide bonds. The number of nitrogens with one attached hydrogen (secondary N) is 1. The first-order chi connectivity index (χ1) is 8.97. The summed E-state index contributed by atoms with van der Waals surface area (Å²) in [4.78, 5) is 25.0. The summed E-state index contributed by atoms with van der Waals surface area (Å²) in [5.74, 6) is -0.550. The van der Waals surface area contributed by atoms with Crippen LogP contribution in [-0.2, 0) is 4.79 Å². The van der Waals surface area contributed by atoms with E-state index < -0.39 is 0 Å². The minimum atomic E-state index is -0.349. The Morgan fingerprint density at radius 3 is 2.84 bits per heavy atom. The number of hydrogen-bond acceptors (Lipinski definition) is 2. The molecule has 0 radical (unpaired) electrons. The zero-order valence-electron chi connectivity index (χ0n) is 10.5. The Morgan fingerprint density at radius 2 is 2.21 bits per heavy atom. The summed E-state index contributed by atoms with van der Waals surface area (Å²) in [6.45, 7) is 2.58. The second-order valence-corrected chi connectivity index (χ2v) is 5.72. The van der Waals surface area contributed by atoms with Gasteiger partial charge in [-0.2, -0.15) is 0 Å². The summed E-state index contributed by atoms with van der Waals surface area (Å²) in [6, 6.07) is 4.15. The van der Waals surface area contributed by atoms with Gasteiger partial charge in [-0.05, 0) is 47.2 Å². The Kier molecular flexibility index (Phi) is 4.38. The highest BCUT2D eigenvalue weighted by molar-refractivity contribution is 14.1. The van der Waals surface area contributed by atoms with Gasteiger partial charge in [-0.25, -0.2) is 4.39 Å². The van der Waals surface area contributed by atoms with Crippen LogP contribution >= 0.6 is 22.6 Å². The van der Waals surface area contributed by atoms with Crippen LogP contribution in [0.2, 0.25) is 0 Å². The van der Waals surface area contributed by atoms with Gasteiger partial charge in [0.1, 0.15) is 5.82 Å². The molecule has 19 heavy (non-hydrogen) atoms. The Labute approximate surface area is 124 Å². The summed E-state index contributed by atoms with van der Waals surface area (Å²) in [5, 5.41) is 2.81. The number of nitrogens with zero attached hydrogens (tertiary/aromatic N) is 1. The lowest BCUT2D eigenvalue weighted by molar-refractivity contribution is -0.119. The fourth-order valence-electron chi connectivity index (χ4n) is 2.18. The SMILES string of the molecule is CC(=O)NC1CCN(C(=O)c2ccc(F)cc2I)C1. The van der Waals surface area contributed by atoms with Crippen molar-refractivity contribution < 1.29 is 14.0 Å². The average molecular weight is 376 g/mol. The van der Waals surface area contributed by atoms with Crippen molar-refractivity contribution in [3.05, 3.63) is 33.1 Å². The summed E-state index contributed by atoms with van der Waals surface area (Å²) in [5.41, 5.74) is 0.505. The minimum absolute atomic E-state index is 0.0135. The largest absolute Gasteiger partial charge is 0.352 e. The highest BCUT2D eigenvalue weighted by Gasteiger charge is 2.28. The van der Waals surface area contributed by atoms with Crippen LogP contribution in [0.5, 0.6) is 0 Å². The van der Waals surface area contributed by atoms with Gasteiger partial charge in [0.2, 0.25) is 5.91 Å². The molecule has 1 atom stereocenters. The highest BCUT2D eigenvalue weighted by Crippen LogP contribution is 2.19. The van der Waals surface area contributed by atoms with Crippen LogP contribution < -0.4 is 5.32 Å². The van der Waals surface area contributed by atoms with Crippen LogP contribution in [-0.4, -0.2) is 35.8 Å². The lowest BCUT2D eigenvalue weighted by Gasteiger charge is -2.17. The molecule has 0 aromatic heterocycles. The second-order valence-electron chi connectivity index (χ2n) is 4.56. The van der Waals surface area contributed by atoms with Crippen molar-refractivity contribution in [1.82, 2.24) is 10.2 Å². The number of carbonyl (C=O) groups excluding carboxylic acids is 2. The van der Waals surface area contributed by atoms with Crippen LogP contribution in [0.15, 0.2) is 18.2 Å². The van der Waals surface area contributed by atoms with Gasteiger partial charge in [0, 0.05) is 29.6 Å². The molecule has 1 unspecified atom stereocenters. The first-order valence-electron chi connectivity index (χ1n) is 5.99. The van der Waals surface area contributed by atoms with Gasteiger partial charge in [-0.15, -0.1) is 0 Å². The smallest absolute Gasteiger partial charge is 0.255 e. The molecular formula is C13H14FIN2O2. The maximum absolute atomic E-state index is 13.0. The second kappa shape index (κ2) is 5.85. The van der Waals surface area contributed by atoms with Crippen molar-refractivity contribution in [2.24, 2.45) is 0 Å². The molecule has 6 heteroatoms. The maximum Gasteiger partial charge on any atom is 0.255 e. The van der Waals surface area contributed by atoms with E-state index >= 15 is 0 Å². The Hall–Kier alpha value is -1.18. The van der Waals surface area contributed by atoms with E-state index in [9.17, 15) is 14.0 Å². The van der Waals surface area contributed by atoms with E-state index in [1.165, 1.54) is 25.1 Å². The third-order valence-electron chi connectivity index (χ3n) is 3.04. The van der Waals surface area contributed by atoms with E-state index in [0.29, 0.717) is 22.2 Å². The molecule has 102 valence electrons. The van der Waals surface area contributed by atoms with E-state index in [-0.39, 0.29) is 23.7 Å². The van der Waals surface area contributed by atoms with Gasteiger partial charge in [0.25, 0.3) is 5.91 Å². The van der Waals surface area contributed by atoms with Crippen molar-refractivity contribution >= 4 is 34.4 Å². The van der Waals surface area contributed by atoms with E-state index in [1.54, 1.807) is 4.90 Å². The number of rotatable bonds is 2. The van der Waals surface area contributed by atoms with Crippen LogP contribution in [0.1, 0.15) is 23.7 Å². The van der Waals surface area contributed by atoms with Crippen LogP contribution in [0, 0.1) is 9.39 Å². The van der Waals surface area contributed by atoms with Crippen molar-refractivity contribution in [1.29, 1.82) is 0 Å². The summed E-state index contributed by atoms with van der Waals surface area (Å²) in [6.07, 6.45) is 0.753. The lowest BCUT2D eigenvalue weighted by atomic mass is 10.2. The molecule has 0 saturated carbocycles. The maximum atomic E-state index is 13.0. The molecule has 2 rings (SSSR count). The first-order valence-corrected chi connectivity index (χ1v) is 7.06. The van der Waals surface area contributed by atoms with E-state index in [1.807, 2.05) is 22.6 Å². The fourth-order valence-corrected chi connectivity index (χ4v) is 2.89. The van der Waals surface area contributed by atoms with Gasteiger partial charge in [-0.1, -0.05) is 0 Å². The zero-order chi connectivity index (χ0) is 14.0. The lowest BCUT2D eigenvalue weighted by Crippen LogP contribution is -2.37. The predicted octanol–water partition coefficient (Wildman–Crippen LogP) is 1.78. The Balaban J connectivity index is 2.07. The average Bonchev–Trinajstić information content (AvgIpc) is 2.75. The van der Waals surface area contributed by atoms with Gasteiger partial charge in [0.15, 0.2) is 0 Å². The summed E-state index contributed by atoms with van der Waals surface area (Å²) in [7, 11) is 0. The van der Waals surface area contributed by atoms with Gasteiger partial charge in [0.05, 0.1) is 5.56 Å². The molecule has 1 saturated heterocycles. The molecule has 4 nitrogen and oxygen atoms in total. The number of carbonyl (C=O) groups is 2. The highest BCUT2D eigenvalue weighted by atomic mass is 127. The van der Waals surface area contributed by atoms with Crippen LogP contribution in [0.3, 0.4) is 0 Å². The van der Waals surface area contributed by atoms with Crippen molar-refractivity contribution in [3.63, 3.8) is 0 Å². The normalized spacial score (nSPS) is 18.5. The predicted molar refractivity (Wildman–Crippen MR) is 77.2 cm³/mol. The molecule has 1 N–H and O–H groups in total. The van der Waals surface area contributed by atoms with E-state index in [4.69, 9.17) is 0 Å². The fraction of sp³-hybridized carbons (Fsp3) is 0.385. The standard InChI is InChI=1S/C13H14FIN2O2/c1-8(18)16-10-4-5-17(7-10)13(19)11-3-2-9(14)6-12(11)15/h2-3,6,10H,4-5,7H2,1H3,(H,16,18). The summed E-state index contributed by atoms with van der Waals surface area (Å²) < 4.78 is 13.6. The van der Waals surface area contributed by atoms with Gasteiger partial charge in [-0.3, -0.25) is 9.59 Å². The van der Waals surface area contributed by atoms with Gasteiger partial charge < -0.3 is 10.2 Å². The molecule has 1 aromatic carbocycles. The number of likely N-dealkylation sites (tertiary alicyclic amines) is 1. The Morgan fingerprint density at radius 1 is 1.47 bits per heavy atom. The number of hydrogen-bond donors (Lipinski definition) is 1. The molecule has 1 heterocycles. The monoisotopic (exact) mass is 376 g/mol. The molecule has 0 aliphatic carbocycles. The zero-order valence-corrected chi connectivity index (χ0v) is 12.6. The molecule has 1 aromatic rings. The van der Waals surface area contributed by atoms with E-state index in [2.05, 4.69) is 5.32 Å². The third-order valence-corrected chi connectivity index (χ3v) is 3.94. The van der Waals surface area contributed by atoms with Crippen molar-refractivity contribution in [2.75, 3.05) is 13.1 Å². The van der Waals surface area contributed by atoms with Crippen LogP contribution in [0.25, 0.3) is 0 Å². The molecular weight excluding hydrogens is 362 g/mol. The minimum Gasteiger partial charge on any atom is -0.352 e. The van der Waals surface area contributed by atoms with E-state index in [0.717, 1.165) is 6.42 Å². The topological polar surface area (TPSA) is 49.4 Å². The number of amides is 2. The molecule has 1 aliphatic rings. The number of benzene rings is 1. The third kappa shape index (κ3) is 3.43. The Bertz CT molecular complexity index is 521. The van der Waals surface area contributed by atoms with Crippen molar-refractivity contribution in [3.8, 4) is 0 Å². The molecule has 0 bridgehead atoms. The first kappa shape index (κ1) is 14.2.